The second-order valence-corrected chi connectivity index (χ2v) is 12.6. The van der Waals surface area contributed by atoms with E-state index >= 15 is 0 Å². The van der Waals surface area contributed by atoms with Crippen molar-refractivity contribution in [2.45, 2.75) is 58.2 Å². The van der Waals surface area contributed by atoms with E-state index < -0.39 is 23.2 Å². The Bertz CT molecular complexity index is 1610. The number of likely N-dealkylation sites (tertiary alicyclic amines) is 2. The smallest absolute Gasteiger partial charge is 0.421 e. The Kier molecular flexibility index (Phi) is 8.91. The summed E-state index contributed by atoms with van der Waals surface area (Å²) in [5, 5.41) is 9.85. The Hall–Kier alpha value is -4.41. The van der Waals surface area contributed by atoms with E-state index in [4.69, 9.17) is 9.47 Å². The summed E-state index contributed by atoms with van der Waals surface area (Å²) in [6.07, 6.45) is 0.134. The van der Waals surface area contributed by atoms with E-state index in [-0.39, 0.29) is 47.5 Å². The second-order valence-electron chi connectivity index (χ2n) is 12.6. The number of ether oxygens (including phenoxy) is 2. The zero-order chi connectivity index (χ0) is 32.5. The summed E-state index contributed by atoms with van der Waals surface area (Å²) < 4.78 is 55.2. The molecule has 0 aliphatic carbocycles. The molecule has 14 heteroatoms. The number of hydrogen-bond donors (Lipinski definition) is 0. The summed E-state index contributed by atoms with van der Waals surface area (Å²) in [5.74, 6) is -0.865. The highest BCUT2D eigenvalue weighted by molar-refractivity contribution is 5.91. The minimum Gasteiger partial charge on any atom is -0.477 e. The normalized spacial score (nSPS) is 16.9. The van der Waals surface area contributed by atoms with E-state index in [1.54, 1.807) is 33.7 Å². The molecule has 0 atom stereocenters. The number of nitriles is 1. The molecule has 0 N–H and O–H groups in total. The maximum absolute atomic E-state index is 14.1. The van der Waals surface area contributed by atoms with Crippen LogP contribution in [-0.4, -0.2) is 79.7 Å². The van der Waals surface area contributed by atoms with Gasteiger partial charge in [-0.2, -0.15) is 18.4 Å². The third-order valence-corrected chi connectivity index (χ3v) is 8.13. The summed E-state index contributed by atoms with van der Waals surface area (Å²) in [4.78, 5) is 41.3. The number of halogens is 3. The number of aryl methyl sites for hydroxylation is 1. The van der Waals surface area contributed by atoms with Gasteiger partial charge in [-0.3, -0.25) is 4.79 Å². The third-order valence-electron chi connectivity index (χ3n) is 8.13. The molecule has 5 rings (SSSR count). The lowest BCUT2D eigenvalue weighted by Gasteiger charge is -2.37. The molecule has 5 heterocycles. The van der Waals surface area contributed by atoms with Crippen LogP contribution in [0.15, 0.2) is 24.5 Å². The lowest BCUT2D eigenvalue weighted by Crippen LogP contribution is -2.47. The molecule has 2 saturated heterocycles. The van der Waals surface area contributed by atoms with Crippen molar-refractivity contribution < 1.29 is 32.2 Å². The van der Waals surface area contributed by atoms with Crippen LogP contribution in [-0.2, 0) is 22.8 Å². The summed E-state index contributed by atoms with van der Waals surface area (Å²) in [6.45, 7) is 7.35. The lowest BCUT2D eigenvalue weighted by atomic mass is 9.92. The van der Waals surface area contributed by atoms with Crippen molar-refractivity contribution in [3.05, 3.63) is 35.9 Å². The highest BCUT2D eigenvalue weighted by Crippen LogP contribution is 2.39. The number of fused-ring (bicyclic) bond motifs is 1. The van der Waals surface area contributed by atoms with Gasteiger partial charge in [-0.1, -0.05) is 0 Å². The fourth-order valence-corrected chi connectivity index (χ4v) is 5.72. The first kappa shape index (κ1) is 32.0. The lowest BCUT2D eigenvalue weighted by molar-refractivity contribution is -0.140. The van der Waals surface area contributed by atoms with Crippen LogP contribution in [0.2, 0.25) is 0 Å². The molecule has 3 aromatic heterocycles. The number of hydrogen-bond acceptors (Lipinski definition) is 8. The number of aromatic nitrogens is 4. The van der Waals surface area contributed by atoms with Gasteiger partial charge >= 0.3 is 12.3 Å². The number of amides is 2. The van der Waals surface area contributed by atoms with Crippen LogP contribution >= 0.6 is 0 Å². The monoisotopic (exact) mass is 627 g/mol. The maximum Gasteiger partial charge on any atom is 0.421 e. The summed E-state index contributed by atoms with van der Waals surface area (Å²) in [5.41, 5.74) is -0.933. The number of rotatable bonds is 5. The molecular formula is C31H36F3N7O4. The molecule has 0 aromatic carbocycles. The SMILES string of the molecule is Cn1ccc2c(-c3cnc(OCC4CCN(C(=O)C5CCN(C(=O)OC(C)(C)C)CC5)CC4)c(C(F)(F)F)c3)nc(C#N)nc21. The Balaban J connectivity index is 1.19. The maximum atomic E-state index is 14.1. The van der Waals surface area contributed by atoms with Gasteiger partial charge in [0.25, 0.3) is 0 Å². The number of nitrogens with zero attached hydrogens (tertiary/aromatic N) is 7. The fourth-order valence-electron chi connectivity index (χ4n) is 5.72. The summed E-state index contributed by atoms with van der Waals surface area (Å²) in [6, 6.07) is 4.47. The van der Waals surface area contributed by atoms with Crippen molar-refractivity contribution in [3.8, 4) is 23.2 Å². The Morgan fingerprint density at radius 2 is 1.71 bits per heavy atom. The van der Waals surface area contributed by atoms with E-state index in [0.717, 1.165) is 6.07 Å². The zero-order valence-corrected chi connectivity index (χ0v) is 25.7. The first-order valence-corrected chi connectivity index (χ1v) is 14.9. The molecule has 0 bridgehead atoms. The van der Waals surface area contributed by atoms with Gasteiger partial charge in [-0.05, 0) is 64.5 Å². The Morgan fingerprint density at radius 3 is 2.33 bits per heavy atom. The molecule has 0 unspecified atom stereocenters. The van der Waals surface area contributed by atoms with E-state index in [9.17, 15) is 28.0 Å². The first-order chi connectivity index (χ1) is 21.2. The molecule has 0 saturated carbocycles. The average Bonchev–Trinajstić information content (AvgIpc) is 3.38. The molecule has 2 aliphatic rings. The first-order valence-electron chi connectivity index (χ1n) is 14.9. The topological polar surface area (TPSA) is 126 Å². The fraction of sp³-hybridized carbons (Fsp3) is 0.548. The molecule has 2 amide bonds. The van der Waals surface area contributed by atoms with Crippen molar-refractivity contribution in [3.63, 3.8) is 0 Å². The van der Waals surface area contributed by atoms with Crippen LogP contribution < -0.4 is 4.74 Å². The standard InChI is InChI=1S/C31H36F3N7O4/c1-30(2,3)45-29(43)41-13-7-20(8-14-41)28(42)40-11-5-19(6-12-40)18-44-27-23(31(32,33)34)15-21(17-36-27)25-22-9-10-39(4)26(22)38-24(16-35)37-25/h9-10,15,17,19-20H,5-8,11-14,18H2,1-4H3. The van der Waals surface area contributed by atoms with Gasteiger partial charge in [0.05, 0.1) is 12.3 Å². The van der Waals surface area contributed by atoms with Gasteiger partial charge < -0.3 is 23.8 Å². The molecule has 0 radical (unpaired) electrons. The Labute approximate surface area is 258 Å². The molecular weight excluding hydrogens is 591 g/mol. The summed E-state index contributed by atoms with van der Waals surface area (Å²) >= 11 is 0. The molecule has 2 aliphatic heterocycles. The third kappa shape index (κ3) is 7.29. The van der Waals surface area contributed by atoms with Gasteiger partial charge in [0, 0.05) is 62.5 Å². The van der Waals surface area contributed by atoms with Gasteiger partial charge in [-0.15, -0.1) is 0 Å². The van der Waals surface area contributed by atoms with Crippen LogP contribution in [0, 0.1) is 23.2 Å². The largest absolute Gasteiger partial charge is 0.477 e. The predicted molar refractivity (Wildman–Crippen MR) is 157 cm³/mol. The molecule has 3 aromatic rings. The second kappa shape index (κ2) is 12.5. The van der Waals surface area contributed by atoms with Crippen LogP contribution in [0.4, 0.5) is 18.0 Å². The quantitative estimate of drug-likeness (QED) is 0.379. The van der Waals surface area contributed by atoms with E-state index in [0.29, 0.717) is 62.9 Å². The van der Waals surface area contributed by atoms with Crippen molar-refractivity contribution in [1.82, 2.24) is 29.3 Å². The van der Waals surface area contributed by atoms with E-state index in [2.05, 4.69) is 15.0 Å². The van der Waals surface area contributed by atoms with Crippen molar-refractivity contribution >= 4 is 23.0 Å². The van der Waals surface area contributed by atoms with Crippen LogP contribution in [0.5, 0.6) is 5.88 Å². The minimum absolute atomic E-state index is 0.0285. The highest BCUT2D eigenvalue weighted by Gasteiger charge is 2.37. The van der Waals surface area contributed by atoms with E-state index in [1.165, 1.54) is 6.20 Å². The van der Waals surface area contributed by atoms with Gasteiger partial charge in [-0.25, -0.2) is 19.7 Å². The average molecular weight is 628 g/mol. The molecule has 0 spiro atoms. The highest BCUT2D eigenvalue weighted by atomic mass is 19.4. The van der Waals surface area contributed by atoms with Crippen molar-refractivity contribution in [2.75, 3.05) is 32.8 Å². The van der Waals surface area contributed by atoms with Gasteiger partial charge in [0.2, 0.25) is 17.6 Å². The van der Waals surface area contributed by atoms with Crippen molar-refractivity contribution in [1.29, 1.82) is 5.26 Å². The van der Waals surface area contributed by atoms with Gasteiger partial charge in [0.15, 0.2) is 0 Å². The Morgan fingerprint density at radius 1 is 1.04 bits per heavy atom. The van der Waals surface area contributed by atoms with Crippen molar-refractivity contribution in [2.24, 2.45) is 18.9 Å². The van der Waals surface area contributed by atoms with E-state index in [1.807, 2.05) is 26.8 Å². The molecule has 11 nitrogen and oxygen atoms in total. The summed E-state index contributed by atoms with van der Waals surface area (Å²) in [7, 11) is 1.72. The van der Waals surface area contributed by atoms with Crippen LogP contribution in [0.3, 0.4) is 0 Å². The molecule has 240 valence electrons. The number of piperidine rings is 2. The predicted octanol–water partition coefficient (Wildman–Crippen LogP) is 5.19. The number of alkyl halides is 3. The minimum atomic E-state index is -4.74. The molecule has 2 fully saturated rings. The number of carbonyl (C=O) groups excluding carboxylic acids is 2. The number of carbonyl (C=O) groups is 2. The van der Waals surface area contributed by atoms with Crippen LogP contribution in [0.1, 0.15) is 57.8 Å². The molecule has 45 heavy (non-hydrogen) atoms. The zero-order valence-electron chi connectivity index (χ0n) is 25.7. The number of pyridine rings is 1. The van der Waals surface area contributed by atoms with Gasteiger partial charge in [0.1, 0.15) is 22.9 Å². The van der Waals surface area contributed by atoms with Crippen LogP contribution in [0.25, 0.3) is 22.3 Å².